The van der Waals surface area contributed by atoms with Crippen LogP contribution in [0.3, 0.4) is 0 Å². The fourth-order valence-electron chi connectivity index (χ4n) is 4.25. The molecule has 0 saturated heterocycles. The molecule has 3 rings (SSSR count). The predicted molar refractivity (Wildman–Crippen MR) is 131 cm³/mol. The van der Waals surface area contributed by atoms with Gasteiger partial charge in [0.2, 0.25) is 5.69 Å². The van der Waals surface area contributed by atoms with Gasteiger partial charge in [-0.3, -0.25) is 9.59 Å². The Morgan fingerprint density at radius 2 is 2.00 bits per heavy atom. The number of unbranched alkanes of at least 4 members (excludes halogenated alkanes) is 1. The van der Waals surface area contributed by atoms with Crippen LogP contribution in [0.2, 0.25) is 0 Å². The summed E-state index contributed by atoms with van der Waals surface area (Å²) >= 11 is 0. The normalized spacial score (nSPS) is 11.9. The van der Waals surface area contributed by atoms with Crippen LogP contribution in [0.4, 0.5) is 5.69 Å². The number of aliphatic carboxylic acids is 1. The molecule has 0 radical (unpaired) electrons. The maximum atomic E-state index is 13.3. The molecule has 1 aromatic carbocycles. The minimum Gasteiger partial charge on any atom is -0.481 e. The lowest BCUT2D eigenvalue weighted by Crippen LogP contribution is -2.12. The number of ether oxygens (including phenoxy) is 1. The first kappa shape index (κ1) is 25.1. The van der Waals surface area contributed by atoms with Crippen molar-refractivity contribution in [2.24, 2.45) is 13.0 Å². The number of aromatic nitrogens is 2. The van der Waals surface area contributed by atoms with E-state index in [4.69, 9.17) is 16.4 Å². The molecule has 3 aromatic rings. The molecule has 1 atom stereocenters. The number of carbonyl (C=O) groups is 2. The van der Waals surface area contributed by atoms with E-state index in [0.717, 1.165) is 18.5 Å². The molecule has 2 aromatic heterocycles. The standard InChI is InChI=1S/C27H31N3O4/c1-18(14-25(32)33)13-24(31)26-22-15-21(28-3)16-29-27(22)30(4)23(26)11-7-8-12-34-17-20-10-6-5-9-19(20)2/h5-6,9-10,15-16,18H,7-8,11-14,17H2,1-2,4H3,(H,32,33). The van der Waals surface area contributed by atoms with E-state index in [1.165, 1.54) is 17.3 Å². The van der Waals surface area contributed by atoms with Gasteiger partial charge in [0.25, 0.3) is 0 Å². The molecule has 2 heterocycles. The predicted octanol–water partition coefficient (Wildman–Crippen LogP) is 5.66. The van der Waals surface area contributed by atoms with Gasteiger partial charge in [-0.25, -0.2) is 9.83 Å². The molecule has 7 heteroatoms. The van der Waals surface area contributed by atoms with Gasteiger partial charge in [-0.15, -0.1) is 0 Å². The molecular weight excluding hydrogens is 430 g/mol. The lowest BCUT2D eigenvalue weighted by atomic mass is 9.94. The highest BCUT2D eigenvalue weighted by Gasteiger charge is 2.24. The Bertz CT molecular complexity index is 1220. The number of carboxylic acid groups (broad SMARTS) is 1. The van der Waals surface area contributed by atoms with Gasteiger partial charge in [-0.2, -0.15) is 0 Å². The zero-order valence-corrected chi connectivity index (χ0v) is 20.0. The zero-order valence-electron chi connectivity index (χ0n) is 20.0. The number of hydrogen-bond donors (Lipinski definition) is 1. The molecule has 0 bridgehead atoms. The molecule has 1 N–H and O–H groups in total. The lowest BCUT2D eigenvalue weighted by molar-refractivity contribution is -0.137. The third kappa shape index (κ3) is 6.09. The van der Waals surface area contributed by atoms with Crippen molar-refractivity contribution in [3.63, 3.8) is 0 Å². The van der Waals surface area contributed by atoms with Crippen molar-refractivity contribution in [2.75, 3.05) is 6.61 Å². The van der Waals surface area contributed by atoms with Crippen LogP contribution in [0.1, 0.15) is 59.8 Å². The van der Waals surface area contributed by atoms with Crippen molar-refractivity contribution in [1.82, 2.24) is 9.55 Å². The summed E-state index contributed by atoms with van der Waals surface area (Å²) in [5.41, 5.74) is 4.87. The summed E-state index contributed by atoms with van der Waals surface area (Å²) in [4.78, 5) is 32.2. The van der Waals surface area contributed by atoms with Crippen LogP contribution >= 0.6 is 0 Å². The highest BCUT2D eigenvalue weighted by atomic mass is 16.5. The highest BCUT2D eigenvalue weighted by Crippen LogP contribution is 2.30. The minimum atomic E-state index is -0.916. The van der Waals surface area contributed by atoms with E-state index in [1.807, 2.05) is 23.7 Å². The van der Waals surface area contributed by atoms with Crippen LogP contribution in [0.25, 0.3) is 15.9 Å². The number of ketones is 1. The second-order valence-electron chi connectivity index (χ2n) is 8.82. The van der Waals surface area contributed by atoms with Gasteiger partial charge in [-0.1, -0.05) is 31.2 Å². The van der Waals surface area contributed by atoms with Crippen molar-refractivity contribution in [3.05, 3.63) is 70.3 Å². The van der Waals surface area contributed by atoms with Crippen LogP contribution < -0.4 is 0 Å². The molecule has 0 saturated carbocycles. The van der Waals surface area contributed by atoms with E-state index in [2.05, 4.69) is 28.9 Å². The number of nitrogens with zero attached hydrogens (tertiary/aromatic N) is 3. The van der Waals surface area contributed by atoms with Crippen molar-refractivity contribution >= 4 is 28.5 Å². The fourth-order valence-corrected chi connectivity index (χ4v) is 4.25. The number of aryl methyl sites for hydroxylation is 2. The largest absolute Gasteiger partial charge is 0.481 e. The number of rotatable bonds is 12. The van der Waals surface area contributed by atoms with Crippen molar-refractivity contribution < 1.29 is 19.4 Å². The molecule has 178 valence electrons. The molecule has 0 amide bonds. The SMILES string of the molecule is [C-]#[N+]c1cnc2c(c1)c(C(=O)CC(C)CC(=O)O)c(CCCCOCc1ccccc1C)n2C. The first-order valence-electron chi connectivity index (χ1n) is 11.5. The van der Waals surface area contributed by atoms with E-state index in [-0.39, 0.29) is 24.5 Å². The van der Waals surface area contributed by atoms with Gasteiger partial charge in [0, 0.05) is 49.3 Å². The van der Waals surface area contributed by atoms with E-state index < -0.39 is 5.97 Å². The average molecular weight is 462 g/mol. The third-order valence-electron chi connectivity index (χ3n) is 6.07. The molecule has 0 aliphatic heterocycles. The lowest BCUT2D eigenvalue weighted by Gasteiger charge is -2.11. The average Bonchev–Trinajstić information content (AvgIpc) is 3.07. The summed E-state index contributed by atoms with van der Waals surface area (Å²) in [6, 6.07) is 9.87. The molecule has 0 fully saturated rings. The van der Waals surface area contributed by atoms with Crippen molar-refractivity contribution in [2.45, 2.75) is 52.6 Å². The van der Waals surface area contributed by atoms with Gasteiger partial charge < -0.3 is 14.4 Å². The van der Waals surface area contributed by atoms with Crippen LogP contribution in [0.5, 0.6) is 0 Å². The monoisotopic (exact) mass is 461 g/mol. The first-order valence-corrected chi connectivity index (χ1v) is 11.5. The summed E-state index contributed by atoms with van der Waals surface area (Å²) in [5, 5.41) is 9.73. The van der Waals surface area contributed by atoms with Gasteiger partial charge in [0.1, 0.15) is 5.65 Å². The number of hydrogen-bond acceptors (Lipinski definition) is 4. The van der Waals surface area contributed by atoms with E-state index in [1.54, 1.807) is 13.0 Å². The van der Waals surface area contributed by atoms with E-state index >= 15 is 0 Å². The number of carbonyl (C=O) groups excluding carboxylic acids is 1. The van der Waals surface area contributed by atoms with Gasteiger partial charge in [-0.05, 0) is 49.3 Å². The number of Topliss-reactive ketones (excluding diaryl/α,β-unsaturated/α-hetero) is 1. The number of pyridine rings is 1. The van der Waals surface area contributed by atoms with Crippen LogP contribution in [0, 0.1) is 19.4 Å². The maximum Gasteiger partial charge on any atom is 0.303 e. The third-order valence-corrected chi connectivity index (χ3v) is 6.07. The maximum absolute atomic E-state index is 13.3. The topological polar surface area (TPSA) is 85.8 Å². The Kier molecular flexibility index (Phi) is 8.55. The molecular formula is C27H31N3O4. The van der Waals surface area contributed by atoms with Crippen molar-refractivity contribution in [1.29, 1.82) is 0 Å². The molecule has 0 spiro atoms. The van der Waals surface area contributed by atoms with Crippen LogP contribution in [-0.2, 0) is 29.6 Å². The summed E-state index contributed by atoms with van der Waals surface area (Å²) in [6.07, 6.45) is 3.94. The summed E-state index contributed by atoms with van der Waals surface area (Å²) in [6.45, 7) is 12.4. The highest BCUT2D eigenvalue weighted by molar-refractivity contribution is 6.09. The first-order chi connectivity index (χ1) is 16.3. The molecule has 34 heavy (non-hydrogen) atoms. The minimum absolute atomic E-state index is 0.0599. The second kappa shape index (κ2) is 11.6. The zero-order chi connectivity index (χ0) is 24.7. The summed E-state index contributed by atoms with van der Waals surface area (Å²) < 4.78 is 7.77. The fraction of sp³-hybridized carbons (Fsp3) is 0.407. The van der Waals surface area contributed by atoms with Crippen LogP contribution in [0.15, 0.2) is 36.5 Å². The summed E-state index contributed by atoms with van der Waals surface area (Å²) in [5.74, 6) is -1.30. The number of carboxylic acids is 1. The number of benzene rings is 1. The Labute approximate surface area is 200 Å². The molecule has 1 unspecified atom stereocenters. The van der Waals surface area contributed by atoms with Gasteiger partial charge in [0.05, 0.1) is 13.2 Å². The quantitative estimate of drug-likeness (QED) is 0.214. The van der Waals surface area contributed by atoms with E-state index in [9.17, 15) is 9.59 Å². The second-order valence-corrected chi connectivity index (χ2v) is 8.82. The molecule has 0 aliphatic rings. The Morgan fingerprint density at radius 3 is 2.71 bits per heavy atom. The van der Waals surface area contributed by atoms with Gasteiger partial charge in [0.15, 0.2) is 5.78 Å². The van der Waals surface area contributed by atoms with E-state index in [0.29, 0.717) is 41.9 Å². The Balaban J connectivity index is 1.72. The van der Waals surface area contributed by atoms with Crippen molar-refractivity contribution in [3.8, 4) is 0 Å². The molecule has 0 aliphatic carbocycles. The van der Waals surface area contributed by atoms with Crippen LogP contribution in [-0.4, -0.2) is 33.0 Å². The summed E-state index contributed by atoms with van der Waals surface area (Å²) in [7, 11) is 1.88. The Morgan fingerprint density at radius 1 is 1.24 bits per heavy atom. The smallest absolute Gasteiger partial charge is 0.303 e. The molecule has 7 nitrogen and oxygen atoms in total. The van der Waals surface area contributed by atoms with Gasteiger partial charge >= 0.3 is 5.97 Å². The number of fused-ring (bicyclic) bond motifs is 1. The Hall–Kier alpha value is -3.50.